The molecule has 76 valence electrons. The third-order valence-corrected chi connectivity index (χ3v) is 4.10. The van der Waals surface area contributed by atoms with Crippen molar-refractivity contribution in [1.82, 2.24) is 9.19 Å². The lowest BCUT2D eigenvalue weighted by atomic mass is 9.87. The predicted octanol–water partition coefficient (Wildman–Crippen LogP) is -2.10. The fraction of sp³-hybridized carbons (Fsp3) is 0.500. The summed E-state index contributed by atoms with van der Waals surface area (Å²) < 4.78 is 23.9. The Labute approximate surface area is 81.4 Å². The van der Waals surface area contributed by atoms with Crippen LogP contribution in [0.1, 0.15) is 12.8 Å². The van der Waals surface area contributed by atoms with Crippen LogP contribution in [0.15, 0.2) is 12.3 Å². The van der Waals surface area contributed by atoms with Crippen LogP contribution in [0, 0.1) is 0 Å². The van der Waals surface area contributed by atoms with E-state index < -0.39 is 17.1 Å². The highest BCUT2D eigenvalue weighted by Crippen LogP contribution is 2.29. The fourth-order valence-corrected chi connectivity index (χ4v) is 2.59. The minimum Gasteiger partial charge on any atom is -0.422 e. The van der Waals surface area contributed by atoms with Crippen molar-refractivity contribution in [3.63, 3.8) is 0 Å². The van der Waals surface area contributed by atoms with Crippen LogP contribution in [0.3, 0.4) is 0 Å². The van der Waals surface area contributed by atoms with Gasteiger partial charge in [-0.3, -0.25) is 0 Å². The van der Waals surface area contributed by atoms with Gasteiger partial charge in [0.05, 0.1) is 10.8 Å². The molecule has 0 atom stereocenters. The second kappa shape index (κ2) is 3.08. The first-order chi connectivity index (χ1) is 6.51. The summed E-state index contributed by atoms with van der Waals surface area (Å²) in [4.78, 5) is 0. The van der Waals surface area contributed by atoms with Crippen LogP contribution in [0.4, 0.5) is 0 Å². The predicted molar refractivity (Wildman–Crippen MR) is 49.4 cm³/mol. The van der Waals surface area contributed by atoms with Crippen molar-refractivity contribution in [3.8, 4) is 0 Å². The van der Waals surface area contributed by atoms with Gasteiger partial charge in [0.1, 0.15) is 0 Å². The van der Waals surface area contributed by atoms with Crippen LogP contribution < -0.4 is 5.59 Å². The van der Waals surface area contributed by atoms with E-state index in [1.165, 1.54) is 12.3 Å². The van der Waals surface area contributed by atoms with Crippen LogP contribution in [0.25, 0.3) is 0 Å². The number of rotatable bonds is 3. The van der Waals surface area contributed by atoms with Gasteiger partial charge in [0.15, 0.2) is 0 Å². The summed E-state index contributed by atoms with van der Waals surface area (Å²) in [5.74, 6) is 0. The normalized spacial score (nSPS) is 17.0. The Balaban J connectivity index is 2.33. The number of aromatic nitrogens is 2. The van der Waals surface area contributed by atoms with Gasteiger partial charge in [-0.15, -0.1) is 0 Å². The summed E-state index contributed by atoms with van der Waals surface area (Å²) in [6.07, 6.45) is 2.53. The second-order valence-corrected chi connectivity index (χ2v) is 5.30. The molecule has 0 aliphatic heterocycles. The van der Waals surface area contributed by atoms with Crippen LogP contribution in [0.2, 0.25) is 0 Å². The summed E-state index contributed by atoms with van der Waals surface area (Å²) in [6, 6.07) is 1.27. The van der Waals surface area contributed by atoms with Crippen LogP contribution in [-0.4, -0.2) is 40.0 Å². The van der Waals surface area contributed by atoms with Crippen molar-refractivity contribution in [2.24, 2.45) is 0 Å². The van der Waals surface area contributed by atoms with Gasteiger partial charge in [0.25, 0.3) is 10.0 Å². The van der Waals surface area contributed by atoms with Gasteiger partial charge < -0.3 is 10.0 Å². The number of hydrogen-bond donors (Lipinski definition) is 2. The largest absolute Gasteiger partial charge is 0.510 e. The Morgan fingerprint density at radius 2 is 2.14 bits per heavy atom. The Morgan fingerprint density at radius 3 is 2.57 bits per heavy atom. The Morgan fingerprint density at radius 1 is 1.50 bits per heavy atom. The van der Waals surface area contributed by atoms with Gasteiger partial charge in [-0.1, -0.05) is 0 Å². The van der Waals surface area contributed by atoms with Crippen molar-refractivity contribution in [1.29, 1.82) is 0 Å². The van der Waals surface area contributed by atoms with E-state index in [2.05, 4.69) is 5.10 Å². The smallest absolute Gasteiger partial charge is 0.422 e. The molecule has 0 saturated heterocycles. The van der Waals surface area contributed by atoms with E-state index in [1.807, 2.05) is 0 Å². The quantitative estimate of drug-likeness (QED) is 0.565. The van der Waals surface area contributed by atoms with E-state index in [0.29, 0.717) is 12.8 Å². The molecule has 2 N–H and O–H groups in total. The summed E-state index contributed by atoms with van der Waals surface area (Å²) in [6.45, 7) is 0. The van der Waals surface area contributed by atoms with Crippen molar-refractivity contribution >= 4 is 22.7 Å². The average Bonchev–Trinajstić information content (AvgIpc) is 2.82. The lowest BCUT2D eigenvalue weighted by Gasteiger charge is -2.00. The molecule has 1 aromatic heterocycles. The second-order valence-electron chi connectivity index (χ2n) is 3.23. The van der Waals surface area contributed by atoms with E-state index in [4.69, 9.17) is 10.0 Å². The van der Waals surface area contributed by atoms with E-state index in [0.717, 1.165) is 4.09 Å². The maximum atomic E-state index is 11.6. The standard InChI is InChI=1S/C6H9BN2O4S/c10-7(11)6-3-4-9(8-6)14(12,13)5-1-2-5/h3-5,10-11H,1-2H2. The summed E-state index contributed by atoms with van der Waals surface area (Å²) >= 11 is 0. The summed E-state index contributed by atoms with van der Waals surface area (Å²) in [7, 11) is -5.13. The minimum absolute atomic E-state index is 0.0609. The molecule has 1 fully saturated rings. The molecule has 1 aliphatic carbocycles. The SMILES string of the molecule is O=S(=O)(C1CC1)n1ccc(B(O)O)n1. The van der Waals surface area contributed by atoms with Crippen LogP contribution >= 0.6 is 0 Å². The maximum absolute atomic E-state index is 11.6. The summed E-state index contributed by atoms with van der Waals surface area (Å²) in [5, 5.41) is 20.7. The van der Waals surface area contributed by atoms with Crippen LogP contribution in [0.5, 0.6) is 0 Å². The van der Waals surface area contributed by atoms with Gasteiger partial charge in [0, 0.05) is 6.20 Å². The first-order valence-electron chi connectivity index (χ1n) is 4.18. The molecule has 0 unspecified atom stereocenters. The molecule has 0 amide bonds. The van der Waals surface area contributed by atoms with Gasteiger partial charge in [-0.2, -0.15) is 9.19 Å². The molecule has 0 spiro atoms. The third-order valence-electron chi connectivity index (χ3n) is 2.06. The van der Waals surface area contributed by atoms with Crippen molar-refractivity contribution in [3.05, 3.63) is 12.3 Å². The topological polar surface area (TPSA) is 92.4 Å². The van der Waals surface area contributed by atoms with Gasteiger partial charge >= 0.3 is 7.12 Å². The van der Waals surface area contributed by atoms with E-state index in [9.17, 15) is 8.42 Å². The number of hydrogen-bond acceptors (Lipinski definition) is 5. The maximum Gasteiger partial charge on any atom is 0.510 e. The van der Waals surface area contributed by atoms with Crippen molar-refractivity contribution in [2.75, 3.05) is 0 Å². The van der Waals surface area contributed by atoms with Gasteiger partial charge in [-0.25, -0.2) is 8.42 Å². The molecule has 1 heterocycles. The molecule has 0 bridgehead atoms. The molecular formula is C6H9BN2O4S. The van der Waals surface area contributed by atoms with E-state index in [1.54, 1.807) is 0 Å². The molecule has 1 aliphatic rings. The van der Waals surface area contributed by atoms with E-state index >= 15 is 0 Å². The molecule has 0 aromatic carbocycles. The zero-order chi connectivity index (χ0) is 10.3. The third kappa shape index (κ3) is 1.56. The minimum atomic E-state index is -3.40. The first-order valence-corrected chi connectivity index (χ1v) is 5.68. The molecular weight excluding hydrogens is 207 g/mol. The lowest BCUT2D eigenvalue weighted by molar-refractivity contribution is 0.424. The van der Waals surface area contributed by atoms with E-state index in [-0.39, 0.29) is 10.8 Å². The Hall–Kier alpha value is -0.855. The van der Waals surface area contributed by atoms with Crippen molar-refractivity contribution in [2.45, 2.75) is 18.1 Å². The monoisotopic (exact) mass is 216 g/mol. The average molecular weight is 216 g/mol. The molecule has 14 heavy (non-hydrogen) atoms. The van der Waals surface area contributed by atoms with Crippen LogP contribution in [-0.2, 0) is 10.0 Å². The lowest BCUT2D eigenvalue weighted by Crippen LogP contribution is -2.32. The molecule has 2 rings (SSSR count). The molecule has 0 radical (unpaired) electrons. The molecule has 1 aromatic rings. The van der Waals surface area contributed by atoms with Gasteiger partial charge in [0.2, 0.25) is 0 Å². The fourth-order valence-electron chi connectivity index (χ4n) is 1.12. The molecule has 6 nitrogen and oxygen atoms in total. The highest BCUT2D eigenvalue weighted by atomic mass is 32.2. The highest BCUT2D eigenvalue weighted by molar-refractivity contribution is 7.90. The molecule has 8 heteroatoms. The van der Waals surface area contributed by atoms with Gasteiger partial charge in [-0.05, 0) is 18.9 Å². The zero-order valence-electron chi connectivity index (χ0n) is 7.24. The Bertz CT molecular complexity index is 436. The first kappa shape index (κ1) is 9.69. The highest BCUT2D eigenvalue weighted by Gasteiger charge is 2.37. The molecule has 1 saturated carbocycles. The summed E-state index contributed by atoms with van der Waals surface area (Å²) in [5.41, 5.74) is -0.0609. The van der Waals surface area contributed by atoms with Crippen molar-refractivity contribution < 1.29 is 18.5 Å². The zero-order valence-corrected chi connectivity index (χ0v) is 8.05. The Kier molecular flexibility index (Phi) is 2.13. The number of nitrogens with zero attached hydrogens (tertiary/aromatic N) is 2.